The maximum atomic E-state index is 4.34. The van der Waals surface area contributed by atoms with Crippen molar-refractivity contribution in [2.75, 3.05) is 6.54 Å². The van der Waals surface area contributed by atoms with Crippen LogP contribution in [0.25, 0.3) is 0 Å². The van der Waals surface area contributed by atoms with Crippen LogP contribution in [0.1, 0.15) is 39.1 Å². The van der Waals surface area contributed by atoms with Gasteiger partial charge < -0.3 is 9.88 Å². The molecule has 0 radical (unpaired) electrons. The molecule has 1 heterocycles. The Morgan fingerprint density at radius 3 is 2.44 bits per heavy atom. The van der Waals surface area contributed by atoms with Gasteiger partial charge in [0.05, 0.1) is 12.0 Å². The van der Waals surface area contributed by atoms with E-state index < -0.39 is 0 Å². The largest absolute Gasteiger partial charge is 0.334 e. The standard InChI is InChI=1S/C13H25N3/c1-10(2)14-7-13(5,6)8-16-9-15-11(3)12(16)4/h9-10,14H,7-8H2,1-6H3. The highest BCUT2D eigenvalue weighted by Gasteiger charge is 2.19. The molecule has 0 spiro atoms. The van der Waals surface area contributed by atoms with Gasteiger partial charge in [0, 0.05) is 24.8 Å². The molecular formula is C13H25N3. The van der Waals surface area contributed by atoms with Gasteiger partial charge in [0.15, 0.2) is 0 Å². The quantitative estimate of drug-likeness (QED) is 0.831. The molecule has 0 unspecified atom stereocenters. The lowest BCUT2D eigenvalue weighted by Gasteiger charge is -2.27. The van der Waals surface area contributed by atoms with E-state index in [2.05, 4.69) is 56.4 Å². The molecule has 0 aliphatic carbocycles. The molecule has 0 aliphatic heterocycles. The average Bonchev–Trinajstić information content (AvgIpc) is 2.46. The Bertz CT molecular complexity index is 337. The van der Waals surface area contributed by atoms with Crippen LogP contribution in [-0.4, -0.2) is 22.1 Å². The molecule has 0 fully saturated rings. The van der Waals surface area contributed by atoms with Crippen LogP contribution < -0.4 is 5.32 Å². The number of aromatic nitrogens is 2. The Morgan fingerprint density at radius 1 is 1.38 bits per heavy atom. The fourth-order valence-electron chi connectivity index (χ4n) is 1.70. The number of hydrogen-bond acceptors (Lipinski definition) is 2. The highest BCUT2D eigenvalue weighted by atomic mass is 15.1. The first-order valence-corrected chi connectivity index (χ1v) is 6.03. The van der Waals surface area contributed by atoms with Gasteiger partial charge in [0.1, 0.15) is 0 Å². The Balaban J connectivity index is 2.61. The summed E-state index contributed by atoms with van der Waals surface area (Å²) in [5.41, 5.74) is 2.66. The van der Waals surface area contributed by atoms with Crippen LogP contribution in [0, 0.1) is 19.3 Å². The zero-order valence-corrected chi connectivity index (χ0v) is 11.5. The molecule has 1 aromatic heterocycles. The van der Waals surface area contributed by atoms with Gasteiger partial charge in [-0.2, -0.15) is 0 Å². The number of nitrogens with one attached hydrogen (secondary N) is 1. The van der Waals surface area contributed by atoms with Crippen molar-refractivity contribution < 1.29 is 0 Å². The van der Waals surface area contributed by atoms with Crippen LogP contribution in [0.3, 0.4) is 0 Å². The van der Waals surface area contributed by atoms with Crippen molar-refractivity contribution in [1.82, 2.24) is 14.9 Å². The molecular weight excluding hydrogens is 198 g/mol. The second kappa shape index (κ2) is 5.00. The van der Waals surface area contributed by atoms with E-state index in [9.17, 15) is 0 Å². The summed E-state index contributed by atoms with van der Waals surface area (Å²) in [6.07, 6.45) is 1.95. The first kappa shape index (κ1) is 13.2. The first-order chi connectivity index (χ1) is 7.32. The topological polar surface area (TPSA) is 29.9 Å². The van der Waals surface area contributed by atoms with E-state index in [1.165, 1.54) is 5.69 Å². The van der Waals surface area contributed by atoms with Gasteiger partial charge >= 0.3 is 0 Å². The number of hydrogen-bond donors (Lipinski definition) is 1. The highest BCUT2D eigenvalue weighted by Crippen LogP contribution is 2.19. The van der Waals surface area contributed by atoms with E-state index in [-0.39, 0.29) is 5.41 Å². The average molecular weight is 223 g/mol. The van der Waals surface area contributed by atoms with Crippen LogP contribution in [0.5, 0.6) is 0 Å². The predicted octanol–water partition coefficient (Wildman–Crippen LogP) is 2.52. The normalized spacial score (nSPS) is 12.4. The smallest absolute Gasteiger partial charge is 0.0951 e. The molecule has 0 saturated heterocycles. The van der Waals surface area contributed by atoms with Gasteiger partial charge in [0.25, 0.3) is 0 Å². The summed E-state index contributed by atoms with van der Waals surface area (Å²) in [5, 5.41) is 3.50. The summed E-state index contributed by atoms with van der Waals surface area (Å²) in [4.78, 5) is 4.34. The molecule has 0 bridgehead atoms. The minimum Gasteiger partial charge on any atom is -0.334 e. The van der Waals surface area contributed by atoms with E-state index in [1.54, 1.807) is 0 Å². The van der Waals surface area contributed by atoms with E-state index >= 15 is 0 Å². The Hall–Kier alpha value is -0.830. The minimum absolute atomic E-state index is 0.252. The zero-order chi connectivity index (χ0) is 12.3. The van der Waals surface area contributed by atoms with Gasteiger partial charge in [-0.3, -0.25) is 0 Å². The lowest BCUT2D eigenvalue weighted by Crippen LogP contribution is -2.36. The summed E-state index contributed by atoms with van der Waals surface area (Å²) in [5.74, 6) is 0. The van der Waals surface area contributed by atoms with Crippen molar-refractivity contribution in [3.05, 3.63) is 17.7 Å². The van der Waals surface area contributed by atoms with Gasteiger partial charge in [-0.1, -0.05) is 27.7 Å². The van der Waals surface area contributed by atoms with Crippen molar-refractivity contribution in [2.45, 2.75) is 54.1 Å². The third-order valence-electron chi connectivity index (χ3n) is 2.93. The zero-order valence-electron chi connectivity index (χ0n) is 11.5. The van der Waals surface area contributed by atoms with Crippen LogP contribution in [0.4, 0.5) is 0 Å². The molecule has 92 valence electrons. The summed E-state index contributed by atoms with van der Waals surface area (Å²) in [6.45, 7) is 15.2. The third-order valence-corrected chi connectivity index (χ3v) is 2.93. The summed E-state index contributed by atoms with van der Waals surface area (Å²) in [6, 6.07) is 0.546. The van der Waals surface area contributed by atoms with E-state index in [0.29, 0.717) is 6.04 Å². The summed E-state index contributed by atoms with van der Waals surface area (Å²) < 4.78 is 2.25. The van der Waals surface area contributed by atoms with Crippen molar-refractivity contribution in [1.29, 1.82) is 0 Å². The van der Waals surface area contributed by atoms with Crippen LogP contribution >= 0.6 is 0 Å². The van der Waals surface area contributed by atoms with Crippen molar-refractivity contribution in [2.24, 2.45) is 5.41 Å². The van der Waals surface area contributed by atoms with Crippen molar-refractivity contribution >= 4 is 0 Å². The molecule has 16 heavy (non-hydrogen) atoms. The third kappa shape index (κ3) is 3.63. The van der Waals surface area contributed by atoms with Crippen LogP contribution in [-0.2, 0) is 6.54 Å². The monoisotopic (exact) mass is 223 g/mol. The molecule has 0 atom stereocenters. The fourth-order valence-corrected chi connectivity index (χ4v) is 1.70. The molecule has 0 aromatic carbocycles. The predicted molar refractivity (Wildman–Crippen MR) is 68.6 cm³/mol. The molecule has 1 aromatic rings. The van der Waals surface area contributed by atoms with E-state index in [0.717, 1.165) is 18.8 Å². The van der Waals surface area contributed by atoms with Gasteiger partial charge in [-0.15, -0.1) is 0 Å². The van der Waals surface area contributed by atoms with Gasteiger partial charge in [0.2, 0.25) is 0 Å². The maximum Gasteiger partial charge on any atom is 0.0951 e. The molecule has 1 rings (SSSR count). The second-order valence-corrected chi connectivity index (χ2v) is 5.74. The maximum absolute atomic E-state index is 4.34. The molecule has 3 nitrogen and oxygen atoms in total. The van der Waals surface area contributed by atoms with Crippen molar-refractivity contribution in [3.8, 4) is 0 Å². The van der Waals surface area contributed by atoms with Gasteiger partial charge in [-0.25, -0.2) is 4.98 Å². The highest BCUT2D eigenvalue weighted by molar-refractivity contribution is 5.08. The lowest BCUT2D eigenvalue weighted by atomic mass is 9.93. The number of nitrogens with zero attached hydrogens (tertiary/aromatic N) is 2. The Morgan fingerprint density at radius 2 is 2.00 bits per heavy atom. The molecule has 0 aliphatic rings. The SMILES string of the molecule is Cc1ncn(CC(C)(C)CNC(C)C)c1C. The summed E-state index contributed by atoms with van der Waals surface area (Å²) >= 11 is 0. The molecule has 0 amide bonds. The molecule has 3 heteroatoms. The number of aryl methyl sites for hydroxylation is 1. The number of imidazole rings is 1. The Labute approximate surface area is 99.3 Å². The molecule has 1 N–H and O–H groups in total. The second-order valence-electron chi connectivity index (χ2n) is 5.74. The minimum atomic E-state index is 0.252. The molecule has 0 saturated carbocycles. The van der Waals surface area contributed by atoms with Crippen molar-refractivity contribution in [3.63, 3.8) is 0 Å². The van der Waals surface area contributed by atoms with E-state index in [4.69, 9.17) is 0 Å². The lowest BCUT2D eigenvalue weighted by molar-refractivity contribution is 0.278. The summed E-state index contributed by atoms with van der Waals surface area (Å²) in [7, 11) is 0. The van der Waals surface area contributed by atoms with Gasteiger partial charge in [-0.05, 0) is 19.3 Å². The number of rotatable bonds is 5. The fraction of sp³-hybridized carbons (Fsp3) is 0.769. The van der Waals surface area contributed by atoms with Crippen LogP contribution in [0.2, 0.25) is 0 Å². The van der Waals surface area contributed by atoms with E-state index in [1.807, 2.05) is 6.33 Å². The Kier molecular flexibility index (Phi) is 4.14. The first-order valence-electron chi connectivity index (χ1n) is 6.03. The van der Waals surface area contributed by atoms with Crippen LogP contribution in [0.15, 0.2) is 6.33 Å².